The van der Waals surface area contributed by atoms with Crippen LogP contribution in [0.15, 0.2) is 17.2 Å². The molecule has 0 saturated carbocycles. The number of aromatic nitrogens is 2. The molecular formula is C14H24N4O. The first kappa shape index (κ1) is 14.1. The highest BCUT2D eigenvalue weighted by Gasteiger charge is 2.24. The molecule has 2 rings (SSSR count). The molecule has 0 bridgehead atoms. The molecule has 1 aliphatic heterocycles. The van der Waals surface area contributed by atoms with Crippen molar-refractivity contribution >= 4 is 5.82 Å². The van der Waals surface area contributed by atoms with Crippen molar-refractivity contribution in [3.8, 4) is 0 Å². The molecule has 1 fully saturated rings. The summed E-state index contributed by atoms with van der Waals surface area (Å²) in [5, 5.41) is 0. The maximum absolute atomic E-state index is 12.4. The lowest BCUT2D eigenvalue weighted by Crippen LogP contribution is -2.42. The summed E-state index contributed by atoms with van der Waals surface area (Å²) >= 11 is 0. The zero-order chi connectivity index (χ0) is 14.0. The van der Waals surface area contributed by atoms with Crippen LogP contribution in [0.5, 0.6) is 0 Å². The average molecular weight is 264 g/mol. The highest BCUT2D eigenvalue weighted by atomic mass is 16.1. The van der Waals surface area contributed by atoms with Gasteiger partial charge in [-0.25, -0.2) is 4.98 Å². The van der Waals surface area contributed by atoms with Gasteiger partial charge >= 0.3 is 0 Å². The molecule has 0 aromatic carbocycles. The van der Waals surface area contributed by atoms with Crippen molar-refractivity contribution in [1.29, 1.82) is 0 Å². The number of hydrogen-bond donors (Lipinski definition) is 1. The number of hydrogen-bond acceptors (Lipinski definition) is 4. The van der Waals surface area contributed by atoms with E-state index in [9.17, 15) is 4.79 Å². The predicted molar refractivity (Wildman–Crippen MR) is 77.5 cm³/mol. The number of anilines is 1. The van der Waals surface area contributed by atoms with E-state index in [1.54, 1.807) is 17.0 Å². The average Bonchev–Trinajstić information content (AvgIpc) is 2.38. The van der Waals surface area contributed by atoms with Crippen molar-refractivity contribution in [2.45, 2.75) is 45.7 Å². The van der Waals surface area contributed by atoms with Gasteiger partial charge in [-0.05, 0) is 39.5 Å². The topological polar surface area (TPSA) is 64.2 Å². The molecule has 0 amide bonds. The number of nitrogens with two attached hydrogens (primary N) is 1. The van der Waals surface area contributed by atoms with Gasteiger partial charge in [-0.2, -0.15) is 0 Å². The van der Waals surface area contributed by atoms with E-state index in [2.05, 4.69) is 16.8 Å². The fourth-order valence-electron chi connectivity index (χ4n) is 2.67. The molecule has 0 aliphatic carbocycles. The summed E-state index contributed by atoms with van der Waals surface area (Å²) in [5.41, 5.74) is 5.96. The second-order valence-corrected chi connectivity index (χ2v) is 5.74. The monoisotopic (exact) mass is 264 g/mol. The van der Waals surface area contributed by atoms with Crippen LogP contribution in [0, 0.1) is 5.92 Å². The molecule has 0 radical (unpaired) electrons. The van der Waals surface area contributed by atoms with Crippen molar-refractivity contribution in [2.75, 3.05) is 18.0 Å². The molecule has 106 valence electrons. The Morgan fingerprint density at radius 3 is 2.47 bits per heavy atom. The molecule has 1 aliphatic rings. The van der Waals surface area contributed by atoms with Gasteiger partial charge in [0.25, 0.3) is 5.56 Å². The lowest BCUT2D eigenvalue weighted by molar-refractivity contribution is 0.352. The van der Waals surface area contributed by atoms with Gasteiger partial charge < -0.3 is 15.2 Å². The van der Waals surface area contributed by atoms with Crippen LogP contribution < -0.4 is 16.2 Å². The molecule has 2 N–H and O–H groups in total. The van der Waals surface area contributed by atoms with E-state index < -0.39 is 0 Å². The van der Waals surface area contributed by atoms with Crippen molar-refractivity contribution in [3.05, 3.63) is 22.7 Å². The summed E-state index contributed by atoms with van der Waals surface area (Å²) < 4.78 is 1.74. The van der Waals surface area contributed by atoms with Gasteiger partial charge in [-0.15, -0.1) is 0 Å². The Hall–Kier alpha value is -1.36. The van der Waals surface area contributed by atoms with Crippen molar-refractivity contribution in [3.63, 3.8) is 0 Å². The Balaban J connectivity index is 2.16. The van der Waals surface area contributed by atoms with Crippen LogP contribution in [0.2, 0.25) is 0 Å². The van der Waals surface area contributed by atoms with Crippen LogP contribution in [0.25, 0.3) is 0 Å². The first-order chi connectivity index (χ1) is 9.00. The van der Waals surface area contributed by atoms with Gasteiger partial charge in [0, 0.05) is 37.6 Å². The lowest BCUT2D eigenvalue weighted by Gasteiger charge is -2.34. The minimum atomic E-state index is 0.0109. The summed E-state index contributed by atoms with van der Waals surface area (Å²) in [7, 11) is 0. The Morgan fingerprint density at radius 1 is 1.32 bits per heavy atom. The van der Waals surface area contributed by atoms with Crippen LogP contribution in [0.4, 0.5) is 5.82 Å². The molecule has 0 spiro atoms. The number of rotatable bonds is 3. The number of nitrogens with zero attached hydrogens (tertiary/aromatic N) is 3. The van der Waals surface area contributed by atoms with Crippen LogP contribution in [0.3, 0.4) is 0 Å². The normalized spacial score (nSPS) is 18.9. The van der Waals surface area contributed by atoms with E-state index in [0.717, 1.165) is 25.9 Å². The Bertz CT molecular complexity index is 473. The predicted octanol–water partition coefficient (Wildman–Crippen LogP) is 1.39. The molecular weight excluding hydrogens is 240 g/mol. The minimum Gasteiger partial charge on any atom is -0.352 e. The summed E-state index contributed by atoms with van der Waals surface area (Å²) in [5.74, 6) is 1.15. The third-order valence-electron chi connectivity index (χ3n) is 3.99. The summed E-state index contributed by atoms with van der Waals surface area (Å²) in [6.45, 7) is 7.82. The molecule has 5 heteroatoms. The van der Waals surface area contributed by atoms with Crippen LogP contribution >= 0.6 is 0 Å². The zero-order valence-corrected chi connectivity index (χ0v) is 12.0. The SMILES string of the molecule is CC(N)C1CCN(c2nccn(C(C)C)c2=O)CC1. The van der Waals surface area contributed by atoms with E-state index in [0.29, 0.717) is 11.7 Å². The zero-order valence-electron chi connectivity index (χ0n) is 12.0. The highest BCUT2D eigenvalue weighted by Crippen LogP contribution is 2.21. The van der Waals surface area contributed by atoms with Crippen molar-refractivity contribution < 1.29 is 0 Å². The number of piperidine rings is 1. The van der Waals surface area contributed by atoms with Crippen LogP contribution in [0.1, 0.15) is 39.7 Å². The second-order valence-electron chi connectivity index (χ2n) is 5.74. The Labute approximate surface area is 114 Å². The Kier molecular flexibility index (Phi) is 4.24. The lowest BCUT2D eigenvalue weighted by atomic mass is 9.91. The fourth-order valence-corrected chi connectivity index (χ4v) is 2.67. The maximum atomic E-state index is 12.4. The molecule has 1 saturated heterocycles. The van der Waals surface area contributed by atoms with E-state index in [1.165, 1.54) is 0 Å². The van der Waals surface area contributed by atoms with Gasteiger partial charge in [0.15, 0.2) is 5.82 Å². The fraction of sp³-hybridized carbons (Fsp3) is 0.714. The minimum absolute atomic E-state index is 0.0109. The summed E-state index contributed by atoms with van der Waals surface area (Å²) in [4.78, 5) is 18.7. The molecule has 1 aromatic heterocycles. The third kappa shape index (κ3) is 2.97. The van der Waals surface area contributed by atoms with E-state index in [-0.39, 0.29) is 17.6 Å². The van der Waals surface area contributed by atoms with Crippen LogP contribution in [-0.4, -0.2) is 28.7 Å². The van der Waals surface area contributed by atoms with Crippen molar-refractivity contribution in [1.82, 2.24) is 9.55 Å². The van der Waals surface area contributed by atoms with E-state index >= 15 is 0 Å². The van der Waals surface area contributed by atoms with E-state index in [1.807, 2.05) is 13.8 Å². The first-order valence-corrected chi connectivity index (χ1v) is 7.08. The molecule has 5 nitrogen and oxygen atoms in total. The van der Waals surface area contributed by atoms with Crippen molar-refractivity contribution in [2.24, 2.45) is 11.7 Å². The van der Waals surface area contributed by atoms with Crippen LogP contribution in [-0.2, 0) is 0 Å². The molecule has 1 aromatic rings. The quantitative estimate of drug-likeness (QED) is 0.896. The summed E-state index contributed by atoms with van der Waals surface area (Å²) in [6, 6.07) is 0.397. The second kappa shape index (κ2) is 5.74. The molecule has 1 atom stereocenters. The maximum Gasteiger partial charge on any atom is 0.293 e. The standard InChI is InChI=1S/C14H24N4O/c1-10(2)18-9-6-16-13(14(18)19)17-7-4-12(5-8-17)11(3)15/h6,9-12H,4-5,7-8,15H2,1-3H3. The first-order valence-electron chi connectivity index (χ1n) is 7.08. The van der Waals surface area contributed by atoms with Gasteiger partial charge in [0.2, 0.25) is 0 Å². The smallest absolute Gasteiger partial charge is 0.293 e. The Morgan fingerprint density at radius 2 is 1.95 bits per heavy atom. The molecule has 2 heterocycles. The van der Waals surface area contributed by atoms with Gasteiger partial charge in [0.05, 0.1) is 0 Å². The molecule has 19 heavy (non-hydrogen) atoms. The summed E-state index contributed by atoms with van der Waals surface area (Å²) in [6.07, 6.45) is 5.55. The van der Waals surface area contributed by atoms with Gasteiger partial charge in [-0.3, -0.25) is 4.79 Å². The highest BCUT2D eigenvalue weighted by molar-refractivity contribution is 5.36. The van der Waals surface area contributed by atoms with Gasteiger partial charge in [0.1, 0.15) is 0 Å². The van der Waals surface area contributed by atoms with E-state index in [4.69, 9.17) is 5.73 Å². The largest absolute Gasteiger partial charge is 0.352 e. The molecule has 1 unspecified atom stereocenters. The third-order valence-corrected chi connectivity index (χ3v) is 3.99. The van der Waals surface area contributed by atoms with Gasteiger partial charge in [-0.1, -0.05) is 0 Å².